The van der Waals surface area contributed by atoms with Gasteiger partial charge in [0.05, 0.1) is 13.2 Å². The topological polar surface area (TPSA) is 81.7 Å². The molecule has 1 saturated heterocycles. The number of rotatable bonds is 5. The zero-order valence-electron chi connectivity index (χ0n) is 20.8. The van der Waals surface area contributed by atoms with E-state index in [0.29, 0.717) is 0 Å². The minimum atomic E-state index is -0.948. The van der Waals surface area contributed by atoms with Gasteiger partial charge in [0.2, 0.25) is 11.8 Å². The molecule has 1 aliphatic carbocycles. The van der Waals surface area contributed by atoms with Crippen LogP contribution in [0.1, 0.15) is 55.9 Å². The van der Waals surface area contributed by atoms with Crippen LogP contribution in [0.4, 0.5) is 0 Å². The van der Waals surface area contributed by atoms with Crippen LogP contribution in [0.5, 0.6) is 0 Å². The standard InChI is InChI=1S/C29H35N3O3/c1-29(2,3)31-28(35)25(19-33)30-26(34)18-32-16-14-22(15-17-32)27-23-10-6-4-8-20(23)12-13-21-9-5-7-11-24(21)27/h4-13,25,33H,14-19H2,1-3H3,(H,30,34)(H,31,35). The summed E-state index contributed by atoms with van der Waals surface area (Å²) >= 11 is 0. The quantitative estimate of drug-likeness (QED) is 0.530. The largest absolute Gasteiger partial charge is 0.394 e. The third-order valence-electron chi connectivity index (χ3n) is 6.42. The lowest BCUT2D eigenvalue weighted by Gasteiger charge is -2.30. The molecule has 2 amide bonds. The fraction of sp³-hybridized carbons (Fsp3) is 0.379. The number of hydrogen-bond donors (Lipinski definition) is 3. The molecule has 2 aromatic rings. The third-order valence-corrected chi connectivity index (χ3v) is 6.42. The number of amides is 2. The highest BCUT2D eigenvalue weighted by atomic mass is 16.3. The lowest BCUT2D eigenvalue weighted by molar-refractivity contribution is -0.131. The van der Waals surface area contributed by atoms with E-state index in [-0.39, 0.29) is 18.4 Å². The fourth-order valence-electron chi connectivity index (χ4n) is 4.77. The van der Waals surface area contributed by atoms with Gasteiger partial charge in [-0.15, -0.1) is 0 Å². The number of nitrogens with one attached hydrogen (secondary N) is 2. The molecule has 1 aliphatic heterocycles. The molecule has 0 saturated carbocycles. The molecule has 2 aromatic carbocycles. The molecule has 6 nitrogen and oxygen atoms in total. The molecule has 4 rings (SSSR count). The Kier molecular flexibility index (Phi) is 7.53. The van der Waals surface area contributed by atoms with Crippen molar-refractivity contribution in [3.8, 4) is 0 Å². The van der Waals surface area contributed by atoms with Crippen molar-refractivity contribution < 1.29 is 14.7 Å². The Morgan fingerprint density at radius 1 is 0.943 bits per heavy atom. The lowest BCUT2D eigenvalue weighted by atomic mass is 9.86. The maximum atomic E-state index is 12.6. The van der Waals surface area contributed by atoms with E-state index in [0.717, 1.165) is 25.9 Å². The molecule has 184 valence electrons. The van der Waals surface area contributed by atoms with E-state index in [2.05, 4.69) is 76.2 Å². The van der Waals surface area contributed by atoms with Crippen molar-refractivity contribution in [2.45, 2.75) is 45.2 Å². The zero-order valence-corrected chi connectivity index (χ0v) is 20.8. The SMILES string of the molecule is CC(C)(C)NC(=O)C(CO)NC(=O)CN1CCC(=C2c3ccccc3C=Cc3ccccc32)CC1. The van der Waals surface area contributed by atoms with Crippen LogP contribution in [0.25, 0.3) is 17.7 Å². The molecular weight excluding hydrogens is 438 g/mol. The zero-order chi connectivity index (χ0) is 25.0. The first-order chi connectivity index (χ1) is 16.7. The van der Waals surface area contributed by atoms with Crippen molar-refractivity contribution in [3.05, 3.63) is 76.4 Å². The summed E-state index contributed by atoms with van der Waals surface area (Å²) in [6.07, 6.45) is 6.13. The van der Waals surface area contributed by atoms with Crippen molar-refractivity contribution in [3.63, 3.8) is 0 Å². The van der Waals surface area contributed by atoms with Gasteiger partial charge in [-0.25, -0.2) is 0 Å². The normalized spacial score (nSPS) is 16.7. The van der Waals surface area contributed by atoms with E-state index in [1.54, 1.807) is 0 Å². The Morgan fingerprint density at radius 2 is 1.49 bits per heavy atom. The van der Waals surface area contributed by atoms with Crippen LogP contribution in [0.3, 0.4) is 0 Å². The Hall–Kier alpha value is -3.22. The summed E-state index contributed by atoms with van der Waals surface area (Å²) < 4.78 is 0. The van der Waals surface area contributed by atoms with Gasteiger partial charge in [-0.2, -0.15) is 0 Å². The molecule has 1 atom stereocenters. The lowest BCUT2D eigenvalue weighted by Crippen LogP contribution is -2.55. The van der Waals surface area contributed by atoms with Crippen molar-refractivity contribution >= 4 is 29.5 Å². The first-order valence-electron chi connectivity index (χ1n) is 12.3. The molecule has 1 fully saturated rings. The second-order valence-corrected chi connectivity index (χ2v) is 10.3. The van der Waals surface area contributed by atoms with Crippen molar-refractivity contribution in [1.29, 1.82) is 0 Å². The first kappa shape index (κ1) is 24.9. The highest BCUT2D eigenvalue weighted by molar-refractivity contribution is 5.95. The van der Waals surface area contributed by atoms with Gasteiger partial charge in [0.25, 0.3) is 0 Å². The minimum Gasteiger partial charge on any atom is -0.394 e. The second kappa shape index (κ2) is 10.6. The maximum absolute atomic E-state index is 12.6. The Morgan fingerprint density at radius 3 is 2.00 bits per heavy atom. The molecule has 0 aromatic heterocycles. The molecule has 0 radical (unpaired) electrons. The number of carbonyl (C=O) groups is 2. The van der Waals surface area contributed by atoms with Crippen LogP contribution >= 0.6 is 0 Å². The predicted octanol–water partition coefficient (Wildman–Crippen LogP) is 3.46. The smallest absolute Gasteiger partial charge is 0.245 e. The molecule has 1 unspecified atom stereocenters. The molecule has 2 aliphatic rings. The van der Waals surface area contributed by atoms with Crippen LogP contribution in [0, 0.1) is 0 Å². The van der Waals surface area contributed by atoms with E-state index in [1.807, 2.05) is 20.8 Å². The third kappa shape index (κ3) is 6.08. The maximum Gasteiger partial charge on any atom is 0.245 e. The highest BCUT2D eigenvalue weighted by Gasteiger charge is 2.26. The van der Waals surface area contributed by atoms with E-state index in [4.69, 9.17) is 0 Å². The van der Waals surface area contributed by atoms with Crippen LogP contribution < -0.4 is 10.6 Å². The molecule has 1 heterocycles. The summed E-state index contributed by atoms with van der Waals surface area (Å²) in [7, 11) is 0. The Labute approximate surface area is 207 Å². The monoisotopic (exact) mass is 473 g/mol. The fourth-order valence-corrected chi connectivity index (χ4v) is 4.77. The minimum absolute atomic E-state index is 0.205. The highest BCUT2D eigenvalue weighted by Crippen LogP contribution is 2.38. The summed E-state index contributed by atoms with van der Waals surface area (Å²) in [6, 6.07) is 16.1. The number of benzene rings is 2. The number of fused-ring (bicyclic) bond motifs is 2. The van der Waals surface area contributed by atoms with Crippen LogP contribution in [-0.2, 0) is 9.59 Å². The molecular formula is C29H35N3O3. The molecule has 3 N–H and O–H groups in total. The van der Waals surface area contributed by atoms with Crippen LogP contribution in [-0.4, -0.2) is 59.6 Å². The van der Waals surface area contributed by atoms with Gasteiger partial charge in [-0.3, -0.25) is 14.5 Å². The van der Waals surface area contributed by atoms with E-state index in [1.165, 1.54) is 33.4 Å². The number of piperidine rings is 1. The van der Waals surface area contributed by atoms with Crippen molar-refractivity contribution in [1.82, 2.24) is 15.5 Å². The van der Waals surface area contributed by atoms with Gasteiger partial charge in [-0.1, -0.05) is 66.3 Å². The second-order valence-electron chi connectivity index (χ2n) is 10.3. The molecule has 0 spiro atoms. The van der Waals surface area contributed by atoms with Crippen LogP contribution in [0.15, 0.2) is 54.1 Å². The summed E-state index contributed by atoms with van der Waals surface area (Å²) in [4.78, 5) is 27.1. The van der Waals surface area contributed by atoms with Crippen LogP contribution in [0.2, 0.25) is 0 Å². The van der Waals surface area contributed by atoms with E-state index < -0.39 is 18.2 Å². The Bertz CT molecular complexity index is 1100. The van der Waals surface area contributed by atoms with Gasteiger partial charge in [0.15, 0.2) is 0 Å². The van der Waals surface area contributed by atoms with Crippen molar-refractivity contribution in [2.75, 3.05) is 26.2 Å². The molecule has 0 bridgehead atoms. The van der Waals surface area contributed by atoms with Gasteiger partial charge in [-0.05, 0) is 61.4 Å². The number of carbonyl (C=O) groups excluding carboxylic acids is 2. The van der Waals surface area contributed by atoms with Gasteiger partial charge in [0, 0.05) is 18.6 Å². The van der Waals surface area contributed by atoms with Gasteiger partial charge < -0.3 is 15.7 Å². The summed E-state index contributed by atoms with van der Waals surface area (Å²) in [5.41, 5.74) is 7.23. The summed E-state index contributed by atoms with van der Waals surface area (Å²) in [6.45, 7) is 6.89. The first-order valence-corrected chi connectivity index (χ1v) is 12.3. The van der Waals surface area contributed by atoms with E-state index in [9.17, 15) is 14.7 Å². The number of likely N-dealkylation sites (tertiary alicyclic amines) is 1. The van der Waals surface area contributed by atoms with Crippen molar-refractivity contribution in [2.24, 2.45) is 0 Å². The summed E-state index contributed by atoms with van der Waals surface area (Å²) in [5.74, 6) is -0.628. The number of aliphatic hydroxyl groups excluding tert-OH is 1. The number of nitrogens with zero attached hydrogens (tertiary/aromatic N) is 1. The number of hydrogen-bond acceptors (Lipinski definition) is 4. The Balaban J connectivity index is 1.45. The predicted molar refractivity (Wildman–Crippen MR) is 140 cm³/mol. The number of aliphatic hydroxyl groups is 1. The van der Waals surface area contributed by atoms with Gasteiger partial charge >= 0.3 is 0 Å². The molecule has 35 heavy (non-hydrogen) atoms. The summed E-state index contributed by atoms with van der Waals surface area (Å²) in [5, 5.41) is 15.1. The van der Waals surface area contributed by atoms with E-state index >= 15 is 0 Å². The molecule has 6 heteroatoms. The average molecular weight is 474 g/mol. The average Bonchev–Trinajstić information content (AvgIpc) is 2.99. The van der Waals surface area contributed by atoms with Gasteiger partial charge in [0.1, 0.15) is 6.04 Å².